The Hall–Kier alpha value is -1.93. The number of hydrogen-bond acceptors (Lipinski definition) is 7. The minimum absolute atomic E-state index is 0.0123. The Kier molecular flexibility index (Phi) is 5.90. The van der Waals surface area contributed by atoms with E-state index in [1.54, 1.807) is 13.2 Å². The van der Waals surface area contributed by atoms with E-state index in [2.05, 4.69) is 11.5 Å². The second-order valence-corrected chi connectivity index (χ2v) is 8.59. The number of carbonyl (C=O) groups is 1. The summed E-state index contributed by atoms with van der Waals surface area (Å²) in [5.74, 6) is 0.469. The van der Waals surface area contributed by atoms with Crippen LogP contribution in [-0.2, 0) is 26.1 Å². The molecule has 2 fully saturated rings. The number of piperidine rings is 1. The summed E-state index contributed by atoms with van der Waals surface area (Å²) in [6, 6.07) is 3.59. The van der Waals surface area contributed by atoms with Crippen LogP contribution < -0.4 is 4.74 Å². The molecule has 1 unspecified atom stereocenters. The largest absolute Gasteiger partial charge is 0.504 e. The van der Waals surface area contributed by atoms with Gasteiger partial charge in [-0.15, -0.1) is 6.58 Å². The van der Waals surface area contributed by atoms with Crippen LogP contribution in [0.25, 0.3) is 0 Å². The molecule has 1 heterocycles. The topological polar surface area (TPSA) is 88.5 Å². The zero-order valence-corrected chi connectivity index (χ0v) is 17.6. The molecule has 0 spiro atoms. The minimum atomic E-state index is -1.07. The highest BCUT2D eigenvalue weighted by atomic mass is 16.7. The molecule has 4 rings (SSSR count). The molecule has 2 aliphatic carbocycles. The standard InChI is InChI=1S/C23H31NO6/c1-3-9-24-10-8-22-14-17(25)6-7-23(22,27)19(24)13-16-4-5-18(21(26)20(16)22)30-15-29-12-11-28-2/h3-5,19,26-27H,1,6-15H2,2H3/t19?,22-,23-/m1/s1. The smallest absolute Gasteiger partial charge is 0.189 e. The highest BCUT2D eigenvalue weighted by Gasteiger charge is 2.65. The summed E-state index contributed by atoms with van der Waals surface area (Å²) in [6.45, 7) is 6.14. The third-order valence-corrected chi connectivity index (χ3v) is 7.14. The van der Waals surface area contributed by atoms with Gasteiger partial charge in [-0.2, -0.15) is 0 Å². The fourth-order valence-electron chi connectivity index (χ4n) is 5.79. The molecule has 3 aliphatic rings. The number of fused-ring (bicyclic) bond motifs is 1. The van der Waals surface area contributed by atoms with Crippen LogP contribution in [0.1, 0.15) is 36.8 Å². The normalized spacial score (nSPS) is 30.5. The van der Waals surface area contributed by atoms with Gasteiger partial charge in [0, 0.05) is 43.5 Å². The molecule has 1 aromatic carbocycles. The molecule has 1 aliphatic heterocycles. The average molecular weight is 418 g/mol. The molecule has 1 aromatic rings. The van der Waals surface area contributed by atoms with Gasteiger partial charge in [0.25, 0.3) is 0 Å². The van der Waals surface area contributed by atoms with Crippen molar-refractivity contribution in [3.05, 3.63) is 35.9 Å². The van der Waals surface area contributed by atoms with Crippen molar-refractivity contribution in [2.24, 2.45) is 0 Å². The number of Topliss-reactive ketones (excluding diaryl/α,β-unsaturated/α-hetero) is 1. The summed E-state index contributed by atoms with van der Waals surface area (Å²) >= 11 is 0. The number of ether oxygens (including phenoxy) is 3. The van der Waals surface area contributed by atoms with E-state index < -0.39 is 11.0 Å². The van der Waals surface area contributed by atoms with E-state index in [0.29, 0.717) is 56.8 Å². The predicted molar refractivity (Wildman–Crippen MR) is 111 cm³/mol. The Labute approximate surface area is 177 Å². The van der Waals surface area contributed by atoms with Gasteiger partial charge in [0.05, 0.1) is 18.8 Å². The zero-order valence-electron chi connectivity index (χ0n) is 17.6. The number of likely N-dealkylation sites (tertiary alicyclic amines) is 1. The Morgan fingerprint density at radius 2 is 2.17 bits per heavy atom. The van der Waals surface area contributed by atoms with Gasteiger partial charge in [-0.1, -0.05) is 12.1 Å². The van der Waals surface area contributed by atoms with Crippen molar-refractivity contribution in [3.8, 4) is 11.5 Å². The summed E-state index contributed by atoms with van der Waals surface area (Å²) in [6.07, 6.45) is 4.11. The molecule has 7 heteroatoms. The summed E-state index contributed by atoms with van der Waals surface area (Å²) in [5, 5.41) is 23.2. The van der Waals surface area contributed by atoms with Gasteiger partial charge in [0.2, 0.25) is 0 Å². The number of aliphatic hydroxyl groups is 1. The second-order valence-electron chi connectivity index (χ2n) is 8.59. The first-order valence-corrected chi connectivity index (χ1v) is 10.6. The molecule has 1 saturated carbocycles. The van der Waals surface area contributed by atoms with E-state index in [0.717, 1.165) is 12.1 Å². The van der Waals surface area contributed by atoms with Crippen molar-refractivity contribution < 1.29 is 29.2 Å². The first-order valence-electron chi connectivity index (χ1n) is 10.6. The molecule has 2 bridgehead atoms. The van der Waals surface area contributed by atoms with Crippen molar-refractivity contribution in [1.29, 1.82) is 0 Å². The number of hydrogen-bond donors (Lipinski definition) is 2. The van der Waals surface area contributed by atoms with Gasteiger partial charge in [-0.05, 0) is 37.4 Å². The highest BCUT2D eigenvalue weighted by molar-refractivity contribution is 5.83. The second kappa shape index (κ2) is 8.30. The molecule has 1 saturated heterocycles. The molecule has 164 valence electrons. The van der Waals surface area contributed by atoms with Gasteiger partial charge < -0.3 is 24.4 Å². The van der Waals surface area contributed by atoms with Crippen molar-refractivity contribution in [3.63, 3.8) is 0 Å². The number of ketones is 1. The maximum absolute atomic E-state index is 12.6. The fourth-order valence-corrected chi connectivity index (χ4v) is 5.79. The average Bonchev–Trinajstić information content (AvgIpc) is 2.72. The van der Waals surface area contributed by atoms with E-state index in [1.807, 2.05) is 12.1 Å². The van der Waals surface area contributed by atoms with Gasteiger partial charge in [0.15, 0.2) is 18.3 Å². The number of benzene rings is 1. The lowest BCUT2D eigenvalue weighted by molar-refractivity contribution is -0.171. The molecular weight excluding hydrogens is 386 g/mol. The van der Waals surface area contributed by atoms with Crippen LogP contribution in [0.5, 0.6) is 11.5 Å². The lowest BCUT2D eigenvalue weighted by Crippen LogP contribution is -2.73. The van der Waals surface area contributed by atoms with Crippen LogP contribution >= 0.6 is 0 Å². The molecule has 0 aromatic heterocycles. The Balaban J connectivity index is 1.72. The van der Waals surface area contributed by atoms with E-state index in [-0.39, 0.29) is 30.8 Å². The monoisotopic (exact) mass is 417 g/mol. The first-order chi connectivity index (χ1) is 14.5. The minimum Gasteiger partial charge on any atom is -0.504 e. The summed E-state index contributed by atoms with van der Waals surface area (Å²) in [7, 11) is 1.60. The van der Waals surface area contributed by atoms with Crippen molar-refractivity contribution in [1.82, 2.24) is 4.90 Å². The number of carbonyl (C=O) groups excluding carboxylic acids is 1. The van der Waals surface area contributed by atoms with Crippen molar-refractivity contribution in [2.45, 2.75) is 49.2 Å². The molecular formula is C23H31NO6. The van der Waals surface area contributed by atoms with Crippen LogP contribution in [0.2, 0.25) is 0 Å². The van der Waals surface area contributed by atoms with Gasteiger partial charge in [0.1, 0.15) is 5.78 Å². The highest BCUT2D eigenvalue weighted by Crippen LogP contribution is 2.60. The van der Waals surface area contributed by atoms with Crippen LogP contribution in [0.4, 0.5) is 0 Å². The van der Waals surface area contributed by atoms with Crippen molar-refractivity contribution >= 4 is 5.78 Å². The number of phenolic OH excluding ortho intramolecular Hbond substituents is 1. The number of phenols is 1. The summed E-state index contributed by atoms with van der Waals surface area (Å²) in [5.41, 5.74) is -0.209. The van der Waals surface area contributed by atoms with E-state index >= 15 is 0 Å². The zero-order chi connectivity index (χ0) is 21.4. The first kappa shape index (κ1) is 21.3. The van der Waals surface area contributed by atoms with E-state index in [4.69, 9.17) is 14.2 Å². The number of nitrogens with zero attached hydrogens (tertiary/aromatic N) is 1. The van der Waals surface area contributed by atoms with Crippen molar-refractivity contribution in [2.75, 3.05) is 40.2 Å². The molecule has 2 N–H and O–H groups in total. The van der Waals surface area contributed by atoms with Gasteiger partial charge in [-0.25, -0.2) is 0 Å². The fraction of sp³-hybridized carbons (Fsp3) is 0.609. The van der Waals surface area contributed by atoms with Crippen LogP contribution in [-0.4, -0.2) is 72.7 Å². The maximum Gasteiger partial charge on any atom is 0.189 e. The molecule has 30 heavy (non-hydrogen) atoms. The van der Waals surface area contributed by atoms with Crippen LogP contribution in [0, 0.1) is 0 Å². The van der Waals surface area contributed by atoms with Crippen LogP contribution in [0.15, 0.2) is 24.8 Å². The van der Waals surface area contributed by atoms with E-state index in [9.17, 15) is 15.0 Å². The van der Waals surface area contributed by atoms with Gasteiger partial charge >= 0.3 is 0 Å². The Morgan fingerprint density at radius 3 is 2.93 bits per heavy atom. The third-order valence-electron chi connectivity index (χ3n) is 7.14. The summed E-state index contributed by atoms with van der Waals surface area (Å²) in [4.78, 5) is 14.8. The summed E-state index contributed by atoms with van der Waals surface area (Å²) < 4.78 is 16.0. The number of rotatable bonds is 8. The number of methoxy groups -OCH3 is 1. The number of aromatic hydroxyl groups is 1. The predicted octanol–water partition coefficient (Wildman–Crippen LogP) is 1.93. The Bertz CT molecular complexity index is 826. The molecule has 3 atom stereocenters. The molecule has 7 nitrogen and oxygen atoms in total. The maximum atomic E-state index is 12.6. The van der Waals surface area contributed by atoms with Crippen LogP contribution in [0.3, 0.4) is 0 Å². The molecule has 0 amide bonds. The quantitative estimate of drug-likeness (QED) is 0.380. The Morgan fingerprint density at radius 1 is 1.33 bits per heavy atom. The lowest BCUT2D eigenvalue weighted by atomic mass is 9.49. The third kappa shape index (κ3) is 3.24. The lowest BCUT2D eigenvalue weighted by Gasteiger charge is -2.63. The SMILES string of the molecule is C=CCN1CC[C@]23CC(=O)CC[C@@]2(O)C1Cc1ccc(OCOCCOC)c(O)c13. The van der Waals surface area contributed by atoms with Gasteiger partial charge in [-0.3, -0.25) is 9.69 Å². The van der Waals surface area contributed by atoms with E-state index in [1.165, 1.54) is 0 Å². The molecule has 0 radical (unpaired) electrons.